The number of halogens is 1. The highest BCUT2D eigenvalue weighted by Gasteiger charge is 2.21. The molecule has 6 nitrogen and oxygen atoms in total. The Balaban J connectivity index is 1.82. The molecule has 1 aliphatic rings. The Kier molecular flexibility index (Phi) is 6.23. The summed E-state index contributed by atoms with van der Waals surface area (Å²) in [6.07, 6.45) is 6.59. The molecule has 2 aromatic rings. The van der Waals surface area contributed by atoms with Gasteiger partial charge in [-0.05, 0) is 61.1 Å². The molecule has 0 saturated heterocycles. The van der Waals surface area contributed by atoms with Gasteiger partial charge in [0.15, 0.2) is 20.9 Å². The molecule has 138 valence electrons. The SMILES string of the molecule is C[S+]([O-])c1ccc(/C(=N\OC2CCCC2)C(=O)Nc2ncc(F)s2)cc1. The van der Waals surface area contributed by atoms with Crippen molar-refractivity contribution in [3.05, 3.63) is 41.2 Å². The van der Waals surface area contributed by atoms with Gasteiger partial charge >= 0.3 is 0 Å². The number of thiazole rings is 1. The zero-order valence-electron chi connectivity index (χ0n) is 14.1. The molecule has 1 aromatic heterocycles. The zero-order chi connectivity index (χ0) is 18.5. The fourth-order valence-electron chi connectivity index (χ4n) is 2.62. The second-order valence-electron chi connectivity index (χ2n) is 5.85. The van der Waals surface area contributed by atoms with E-state index in [0.29, 0.717) is 10.5 Å². The number of hydrogen-bond donors (Lipinski definition) is 1. The summed E-state index contributed by atoms with van der Waals surface area (Å²) in [6, 6.07) is 6.67. The third kappa shape index (κ3) is 4.80. The van der Waals surface area contributed by atoms with E-state index in [9.17, 15) is 13.7 Å². The molecule has 0 spiro atoms. The van der Waals surface area contributed by atoms with Gasteiger partial charge in [0.1, 0.15) is 12.4 Å². The van der Waals surface area contributed by atoms with Crippen LogP contribution in [0.2, 0.25) is 0 Å². The minimum Gasteiger partial charge on any atom is -0.612 e. The fourth-order valence-corrected chi connectivity index (χ4v) is 3.68. The highest BCUT2D eigenvalue weighted by atomic mass is 32.2. The van der Waals surface area contributed by atoms with Crippen molar-refractivity contribution < 1.29 is 18.6 Å². The van der Waals surface area contributed by atoms with Crippen LogP contribution in [0.4, 0.5) is 9.52 Å². The number of hydrogen-bond acceptors (Lipinski definition) is 6. The summed E-state index contributed by atoms with van der Waals surface area (Å²) in [5.41, 5.74) is 0.590. The largest absolute Gasteiger partial charge is 0.612 e. The van der Waals surface area contributed by atoms with Gasteiger partial charge in [-0.1, -0.05) is 16.5 Å². The van der Waals surface area contributed by atoms with E-state index in [4.69, 9.17) is 4.84 Å². The summed E-state index contributed by atoms with van der Waals surface area (Å²) < 4.78 is 24.6. The first-order valence-corrected chi connectivity index (χ1v) is 10.5. The summed E-state index contributed by atoms with van der Waals surface area (Å²) in [5.74, 6) is -0.539. The van der Waals surface area contributed by atoms with Gasteiger partial charge in [-0.25, -0.2) is 4.98 Å². The molecule has 1 aromatic carbocycles. The van der Waals surface area contributed by atoms with Crippen LogP contribution in [0.25, 0.3) is 0 Å². The van der Waals surface area contributed by atoms with Crippen molar-refractivity contribution in [3.63, 3.8) is 0 Å². The van der Waals surface area contributed by atoms with Crippen molar-refractivity contribution in [2.45, 2.75) is 36.7 Å². The third-order valence-corrected chi connectivity index (χ3v) is 5.61. The summed E-state index contributed by atoms with van der Waals surface area (Å²) in [7, 11) is 0. The van der Waals surface area contributed by atoms with Crippen molar-refractivity contribution in [3.8, 4) is 0 Å². The van der Waals surface area contributed by atoms with E-state index < -0.39 is 22.2 Å². The minimum absolute atomic E-state index is 0.00229. The van der Waals surface area contributed by atoms with Crippen molar-refractivity contribution in [1.82, 2.24) is 4.98 Å². The van der Waals surface area contributed by atoms with E-state index in [1.165, 1.54) is 0 Å². The number of nitrogens with one attached hydrogen (secondary N) is 1. The molecule has 1 saturated carbocycles. The predicted molar refractivity (Wildman–Crippen MR) is 99.4 cm³/mol. The minimum atomic E-state index is -1.12. The molecule has 1 aliphatic carbocycles. The molecule has 1 atom stereocenters. The summed E-state index contributed by atoms with van der Waals surface area (Å²) in [6.45, 7) is 0. The molecule has 0 radical (unpaired) electrons. The molecule has 26 heavy (non-hydrogen) atoms. The lowest BCUT2D eigenvalue weighted by molar-refractivity contribution is -0.110. The van der Waals surface area contributed by atoms with Crippen molar-refractivity contribution in [2.75, 3.05) is 11.6 Å². The maximum absolute atomic E-state index is 13.1. The number of amides is 1. The molecule has 1 heterocycles. The Morgan fingerprint density at radius 2 is 2.08 bits per heavy atom. The van der Waals surface area contributed by atoms with Gasteiger partial charge in [0.25, 0.3) is 5.91 Å². The van der Waals surface area contributed by atoms with Crippen LogP contribution < -0.4 is 5.32 Å². The van der Waals surface area contributed by atoms with Gasteiger partial charge in [0.05, 0.1) is 6.20 Å². The summed E-state index contributed by atoms with van der Waals surface area (Å²) in [5, 5.41) is 6.25. The monoisotopic (exact) mass is 395 g/mol. The normalized spacial score (nSPS) is 16.5. The van der Waals surface area contributed by atoms with Gasteiger partial charge < -0.3 is 9.39 Å². The van der Waals surface area contributed by atoms with Crippen LogP contribution in [0.5, 0.6) is 0 Å². The van der Waals surface area contributed by atoms with Gasteiger partial charge in [0, 0.05) is 5.56 Å². The van der Waals surface area contributed by atoms with E-state index in [-0.39, 0.29) is 16.9 Å². The van der Waals surface area contributed by atoms with Crippen LogP contribution >= 0.6 is 11.3 Å². The molecule has 1 unspecified atom stereocenters. The van der Waals surface area contributed by atoms with Gasteiger partial charge in [-0.3, -0.25) is 10.1 Å². The van der Waals surface area contributed by atoms with E-state index >= 15 is 0 Å². The van der Waals surface area contributed by atoms with E-state index in [1.807, 2.05) is 0 Å². The van der Waals surface area contributed by atoms with Crippen LogP contribution in [-0.4, -0.2) is 33.5 Å². The Bertz CT molecular complexity index is 787. The van der Waals surface area contributed by atoms with Gasteiger partial charge in [-0.15, -0.1) is 0 Å². The zero-order valence-corrected chi connectivity index (χ0v) is 15.7. The molecule has 1 fully saturated rings. The lowest BCUT2D eigenvalue weighted by Crippen LogP contribution is -2.25. The predicted octanol–water partition coefficient (Wildman–Crippen LogP) is 3.32. The Hall–Kier alpha value is -1.97. The maximum atomic E-state index is 13.1. The number of carbonyl (C=O) groups is 1. The number of benzene rings is 1. The molecule has 3 rings (SSSR count). The van der Waals surface area contributed by atoms with Crippen molar-refractivity contribution in [1.29, 1.82) is 0 Å². The first-order valence-electron chi connectivity index (χ1n) is 8.13. The molecular formula is C17H18FN3O3S2. The molecule has 0 aliphatic heterocycles. The fraction of sp³-hybridized carbons (Fsp3) is 0.353. The van der Waals surface area contributed by atoms with E-state index in [1.54, 1.807) is 30.5 Å². The smallest absolute Gasteiger partial charge is 0.280 e. The standard InChI is InChI=1S/C17H18FN3O3S2/c1-26(23)13-8-6-11(7-9-13)15(21-24-12-4-2-3-5-12)16(22)20-17-19-10-14(18)25-17/h6-10,12H,2-5H2,1H3,(H,19,20,22)/b21-15+. The highest BCUT2D eigenvalue weighted by Crippen LogP contribution is 2.22. The molecule has 1 amide bonds. The topological polar surface area (TPSA) is 86.6 Å². The number of nitrogens with zero attached hydrogens (tertiary/aromatic N) is 2. The van der Waals surface area contributed by atoms with Crippen molar-refractivity contribution in [2.24, 2.45) is 5.16 Å². The molecular weight excluding hydrogens is 377 g/mol. The number of carbonyl (C=O) groups excluding carboxylic acids is 1. The van der Waals surface area contributed by atoms with Gasteiger partial charge in [0.2, 0.25) is 0 Å². The average Bonchev–Trinajstić information content (AvgIpc) is 3.27. The number of oxime groups is 1. The summed E-state index contributed by atoms with van der Waals surface area (Å²) in [4.78, 5) is 22.6. The van der Waals surface area contributed by atoms with E-state index in [2.05, 4.69) is 15.5 Å². The Morgan fingerprint density at radius 3 is 2.65 bits per heavy atom. The second-order valence-corrected chi connectivity index (χ2v) is 8.21. The third-order valence-electron chi connectivity index (χ3n) is 3.97. The van der Waals surface area contributed by atoms with Crippen LogP contribution in [0.15, 0.2) is 40.5 Å². The number of rotatable bonds is 6. The van der Waals surface area contributed by atoms with Crippen LogP contribution in [-0.2, 0) is 20.8 Å². The first kappa shape index (κ1) is 18.8. The van der Waals surface area contributed by atoms with Crippen LogP contribution in [0.1, 0.15) is 31.2 Å². The molecule has 9 heteroatoms. The lowest BCUT2D eigenvalue weighted by Gasteiger charge is -2.11. The number of aromatic nitrogens is 1. The molecule has 1 N–H and O–H groups in total. The lowest BCUT2D eigenvalue weighted by atomic mass is 10.1. The second kappa shape index (κ2) is 8.61. The summed E-state index contributed by atoms with van der Waals surface area (Å²) >= 11 is -0.385. The first-order chi connectivity index (χ1) is 12.5. The molecule has 0 bridgehead atoms. The number of anilines is 1. The Morgan fingerprint density at radius 1 is 1.38 bits per heavy atom. The van der Waals surface area contributed by atoms with Crippen LogP contribution in [0, 0.1) is 5.13 Å². The average molecular weight is 395 g/mol. The van der Waals surface area contributed by atoms with Crippen LogP contribution in [0.3, 0.4) is 0 Å². The van der Waals surface area contributed by atoms with E-state index in [0.717, 1.165) is 43.2 Å². The highest BCUT2D eigenvalue weighted by molar-refractivity contribution is 7.90. The Labute approximate surface area is 157 Å². The quantitative estimate of drug-likeness (QED) is 0.462. The maximum Gasteiger partial charge on any atom is 0.280 e. The van der Waals surface area contributed by atoms with Crippen molar-refractivity contribution >= 4 is 39.3 Å². The van der Waals surface area contributed by atoms with Gasteiger partial charge in [-0.2, -0.15) is 4.39 Å².